The lowest BCUT2D eigenvalue weighted by molar-refractivity contribution is -0.387. The molecule has 0 aliphatic rings. The fourth-order valence-electron chi connectivity index (χ4n) is 2.37. The molecular formula is C19H17N3O5S. The molecule has 0 bridgehead atoms. The second kappa shape index (κ2) is 8.45. The normalized spacial score (nSPS) is 10.5. The number of hydrogen-bond acceptors (Lipinski definition) is 7. The molecule has 9 heteroatoms. The Hall–Kier alpha value is -3.51. The van der Waals surface area contributed by atoms with Gasteiger partial charge < -0.3 is 4.18 Å². The summed E-state index contributed by atoms with van der Waals surface area (Å²) < 4.78 is 30.0. The van der Waals surface area contributed by atoms with Crippen LogP contribution in [0.5, 0.6) is 5.75 Å². The van der Waals surface area contributed by atoms with Gasteiger partial charge in [0.05, 0.1) is 10.4 Å². The minimum absolute atomic E-state index is 0.0149. The van der Waals surface area contributed by atoms with Gasteiger partial charge in [-0.25, -0.2) is 4.98 Å². The Bertz CT molecular complexity index is 1180. The van der Waals surface area contributed by atoms with Gasteiger partial charge in [-0.05, 0) is 48.9 Å². The van der Waals surface area contributed by atoms with E-state index < -0.39 is 25.6 Å². The van der Waals surface area contributed by atoms with E-state index in [9.17, 15) is 18.5 Å². The van der Waals surface area contributed by atoms with Crippen LogP contribution < -0.4 is 4.18 Å². The molecule has 3 aromatic rings. The van der Waals surface area contributed by atoms with Crippen molar-refractivity contribution in [3.05, 3.63) is 69.9 Å². The summed E-state index contributed by atoms with van der Waals surface area (Å²) >= 11 is 0. The molecule has 0 fully saturated rings. The number of nitrogens with zero attached hydrogens (tertiary/aromatic N) is 3. The maximum atomic E-state index is 12.5. The van der Waals surface area contributed by atoms with Crippen molar-refractivity contribution in [2.45, 2.75) is 25.7 Å². The summed E-state index contributed by atoms with van der Waals surface area (Å²) in [4.78, 5) is 14.0. The first-order valence-electron chi connectivity index (χ1n) is 8.30. The van der Waals surface area contributed by atoms with Crippen LogP contribution in [0.2, 0.25) is 0 Å². The molecule has 0 unspecified atom stereocenters. The van der Waals surface area contributed by atoms with Crippen LogP contribution in [0.3, 0.4) is 0 Å². The van der Waals surface area contributed by atoms with Crippen molar-refractivity contribution in [3.63, 3.8) is 0 Å². The van der Waals surface area contributed by atoms with Crippen LogP contribution >= 0.6 is 0 Å². The van der Waals surface area contributed by atoms with E-state index in [1.54, 1.807) is 13.0 Å². The first-order chi connectivity index (χ1) is 13.3. The lowest BCUT2D eigenvalue weighted by atomic mass is 10.2. The third-order valence-electron chi connectivity index (χ3n) is 3.56. The van der Waals surface area contributed by atoms with E-state index in [0.717, 1.165) is 6.07 Å². The summed E-state index contributed by atoms with van der Waals surface area (Å²) in [5.74, 6) is -0.0149. The van der Waals surface area contributed by atoms with Crippen molar-refractivity contribution < 1.29 is 17.5 Å². The van der Waals surface area contributed by atoms with Gasteiger partial charge in [0.25, 0.3) is 5.69 Å². The predicted octanol–water partition coefficient (Wildman–Crippen LogP) is 4.12. The van der Waals surface area contributed by atoms with Gasteiger partial charge in [0, 0.05) is 11.5 Å². The van der Waals surface area contributed by atoms with E-state index >= 15 is 0 Å². The molecular weight excluding hydrogens is 382 g/mol. The third kappa shape index (κ3) is 4.42. The Balaban J connectivity index is 0.00000136. The van der Waals surface area contributed by atoms with Gasteiger partial charge in [-0.3, -0.25) is 10.1 Å². The third-order valence-corrected chi connectivity index (χ3v) is 4.86. The van der Waals surface area contributed by atoms with Crippen LogP contribution in [0.4, 0.5) is 5.69 Å². The number of nitro groups is 1. The van der Waals surface area contributed by atoms with E-state index in [2.05, 4.69) is 4.98 Å². The maximum absolute atomic E-state index is 12.5. The first-order valence-corrected chi connectivity index (χ1v) is 9.71. The molecule has 2 aromatic carbocycles. The molecule has 0 amide bonds. The average Bonchev–Trinajstić information content (AvgIpc) is 2.68. The van der Waals surface area contributed by atoms with Crippen LogP contribution in [0.15, 0.2) is 53.4 Å². The molecule has 0 spiro atoms. The highest BCUT2D eigenvalue weighted by molar-refractivity contribution is 7.87. The lowest BCUT2D eigenvalue weighted by Crippen LogP contribution is -2.12. The molecule has 1 aromatic heterocycles. The number of nitro benzene ring substituents is 1. The zero-order valence-electron chi connectivity index (χ0n) is 15.4. The highest BCUT2D eigenvalue weighted by Crippen LogP contribution is 2.29. The Labute approximate surface area is 162 Å². The van der Waals surface area contributed by atoms with E-state index in [-0.39, 0.29) is 11.4 Å². The van der Waals surface area contributed by atoms with Gasteiger partial charge in [-0.15, -0.1) is 0 Å². The minimum atomic E-state index is -4.40. The van der Waals surface area contributed by atoms with E-state index in [1.165, 1.54) is 36.4 Å². The molecule has 0 saturated carbocycles. The largest absolute Gasteiger partial charge is 0.379 e. The standard InChI is InChI=1S/C17H11N3O5S.C2H6/c1-11-2-7-17(16(8-11)20(21)22)26(23,24)25-14-5-6-15-12(9-14)3-4-13(10-18)19-15;1-2/h2-9H,1H3;1-2H3. The van der Waals surface area contributed by atoms with Gasteiger partial charge >= 0.3 is 10.1 Å². The van der Waals surface area contributed by atoms with Gasteiger partial charge in [0.2, 0.25) is 0 Å². The summed E-state index contributed by atoms with van der Waals surface area (Å²) in [7, 11) is -4.40. The zero-order chi connectivity index (χ0) is 20.9. The summed E-state index contributed by atoms with van der Waals surface area (Å²) in [6, 6.07) is 13.1. The number of pyridine rings is 1. The Morgan fingerprint density at radius 1 is 1.11 bits per heavy atom. The van der Waals surface area contributed by atoms with Crippen LogP contribution in [-0.4, -0.2) is 18.3 Å². The minimum Gasteiger partial charge on any atom is -0.379 e. The van der Waals surface area contributed by atoms with Crippen molar-refractivity contribution in [3.8, 4) is 11.8 Å². The highest BCUT2D eigenvalue weighted by atomic mass is 32.2. The molecule has 3 rings (SSSR count). The molecule has 28 heavy (non-hydrogen) atoms. The predicted molar refractivity (Wildman–Crippen MR) is 103 cm³/mol. The summed E-state index contributed by atoms with van der Waals surface area (Å²) in [5, 5.41) is 20.6. The lowest BCUT2D eigenvalue weighted by Gasteiger charge is -2.09. The fourth-order valence-corrected chi connectivity index (χ4v) is 3.44. The smallest absolute Gasteiger partial charge is 0.346 e. The Kier molecular flexibility index (Phi) is 6.28. The SMILES string of the molecule is CC.Cc1ccc(S(=O)(=O)Oc2ccc3nc(C#N)ccc3c2)c([N+](=O)[O-])c1. The summed E-state index contributed by atoms with van der Waals surface area (Å²) in [6.07, 6.45) is 0. The number of hydrogen-bond donors (Lipinski definition) is 0. The number of fused-ring (bicyclic) bond motifs is 1. The van der Waals surface area contributed by atoms with Crippen molar-refractivity contribution in [1.82, 2.24) is 4.98 Å². The van der Waals surface area contributed by atoms with Crippen LogP contribution in [0.25, 0.3) is 10.9 Å². The Morgan fingerprint density at radius 3 is 2.46 bits per heavy atom. The molecule has 1 heterocycles. The number of nitriles is 1. The topological polar surface area (TPSA) is 123 Å². The summed E-state index contributed by atoms with van der Waals surface area (Å²) in [6.45, 7) is 5.62. The maximum Gasteiger partial charge on any atom is 0.346 e. The fraction of sp³-hybridized carbons (Fsp3) is 0.158. The van der Waals surface area contributed by atoms with Crippen LogP contribution in [0, 0.1) is 28.4 Å². The van der Waals surface area contributed by atoms with Gasteiger partial charge in [-0.2, -0.15) is 13.7 Å². The molecule has 0 aliphatic heterocycles. The molecule has 0 saturated heterocycles. The summed E-state index contributed by atoms with van der Waals surface area (Å²) in [5.41, 5.74) is 0.732. The van der Waals surface area contributed by atoms with E-state index in [0.29, 0.717) is 16.5 Å². The number of aromatic nitrogens is 1. The second-order valence-corrected chi connectivity index (χ2v) is 6.94. The van der Waals surface area contributed by atoms with Crippen LogP contribution in [-0.2, 0) is 10.1 Å². The molecule has 144 valence electrons. The van der Waals surface area contributed by atoms with Crippen molar-refractivity contribution in [2.24, 2.45) is 0 Å². The number of aryl methyl sites for hydroxylation is 1. The van der Waals surface area contributed by atoms with Gasteiger partial charge in [0.15, 0.2) is 4.90 Å². The first kappa shape index (κ1) is 20.8. The van der Waals surface area contributed by atoms with E-state index in [4.69, 9.17) is 9.44 Å². The van der Waals surface area contributed by atoms with Gasteiger partial charge in [0.1, 0.15) is 17.5 Å². The van der Waals surface area contributed by atoms with Crippen molar-refractivity contribution in [1.29, 1.82) is 5.26 Å². The van der Waals surface area contributed by atoms with Crippen molar-refractivity contribution in [2.75, 3.05) is 0 Å². The highest BCUT2D eigenvalue weighted by Gasteiger charge is 2.27. The molecule has 0 atom stereocenters. The number of rotatable bonds is 4. The monoisotopic (exact) mass is 399 g/mol. The molecule has 0 radical (unpaired) electrons. The van der Waals surface area contributed by atoms with Gasteiger partial charge in [-0.1, -0.05) is 19.9 Å². The Morgan fingerprint density at radius 2 is 1.82 bits per heavy atom. The number of benzene rings is 2. The average molecular weight is 399 g/mol. The quantitative estimate of drug-likeness (QED) is 0.367. The molecule has 8 nitrogen and oxygen atoms in total. The van der Waals surface area contributed by atoms with E-state index in [1.807, 2.05) is 19.9 Å². The molecule has 0 N–H and O–H groups in total. The zero-order valence-corrected chi connectivity index (χ0v) is 16.2. The van der Waals surface area contributed by atoms with Crippen molar-refractivity contribution >= 4 is 26.7 Å². The molecule has 0 aliphatic carbocycles. The van der Waals surface area contributed by atoms with Crippen LogP contribution in [0.1, 0.15) is 25.1 Å². The second-order valence-electron chi connectivity index (χ2n) is 5.43.